The summed E-state index contributed by atoms with van der Waals surface area (Å²) in [4.78, 5) is 10.7. The number of carboxylic acids is 1. The molecule has 74 valence electrons. The topological polar surface area (TPSA) is 49.3 Å². The van der Waals surface area contributed by atoms with E-state index in [1.165, 1.54) is 18.6 Å². The van der Waals surface area contributed by atoms with Crippen LogP contribution >= 0.6 is 11.8 Å². The summed E-state index contributed by atoms with van der Waals surface area (Å²) in [5, 5.41) is 12.6. The Morgan fingerprint density at radius 1 is 1.54 bits per heavy atom. The molecule has 2 heterocycles. The van der Waals surface area contributed by atoms with Crippen LogP contribution in [-0.4, -0.2) is 34.7 Å². The predicted octanol–water partition coefficient (Wildman–Crippen LogP) is 0.945. The van der Waals surface area contributed by atoms with Gasteiger partial charge in [0.05, 0.1) is 0 Å². The van der Waals surface area contributed by atoms with Gasteiger partial charge < -0.3 is 10.4 Å². The van der Waals surface area contributed by atoms with Crippen molar-refractivity contribution in [3.05, 3.63) is 0 Å². The highest BCUT2D eigenvalue weighted by atomic mass is 32.2. The van der Waals surface area contributed by atoms with Crippen LogP contribution in [0.15, 0.2) is 0 Å². The van der Waals surface area contributed by atoms with E-state index in [4.69, 9.17) is 5.11 Å². The molecule has 0 aromatic rings. The number of carboxylic acid groups (broad SMARTS) is 1. The molecule has 3 unspecified atom stereocenters. The van der Waals surface area contributed by atoms with Crippen LogP contribution in [0, 0.1) is 5.92 Å². The van der Waals surface area contributed by atoms with Crippen molar-refractivity contribution in [1.29, 1.82) is 0 Å². The first-order valence-electron chi connectivity index (χ1n) is 4.85. The zero-order valence-corrected chi connectivity index (χ0v) is 8.35. The molecule has 0 aliphatic carbocycles. The average Bonchev–Trinajstić information content (AvgIpc) is 2.75. The fraction of sp³-hybridized carbons (Fsp3) is 0.889. The monoisotopic (exact) mass is 201 g/mol. The van der Waals surface area contributed by atoms with Crippen molar-refractivity contribution >= 4 is 17.7 Å². The predicted molar refractivity (Wildman–Crippen MR) is 53.0 cm³/mol. The summed E-state index contributed by atoms with van der Waals surface area (Å²) in [7, 11) is 0. The smallest absolute Gasteiger partial charge is 0.320 e. The Bertz CT molecular complexity index is 204. The van der Waals surface area contributed by atoms with E-state index in [9.17, 15) is 4.79 Å². The van der Waals surface area contributed by atoms with Gasteiger partial charge in [-0.15, -0.1) is 0 Å². The Balaban J connectivity index is 1.86. The number of aliphatic carboxylic acids is 1. The van der Waals surface area contributed by atoms with Crippen molar-refractivity contribution in [2.75, 3.05) is 12.3 Å². The van der Waals surface area contributed by atoms with Gasteiger partial charge in [0, 0.05) is 5.25 Å². The standard InChI is InChI=1S/C9H15NO2S/c11-9(12)7-4-6(5-10-7)8-2-1-3-13-8/h6-8,10H,1-5H2,(H,11,12). The molecule has 0 saturated carbocycles. The minimum atomic E-state index is -0.689. The molecule has 0 bridgehead atoms. The van der Waals surface area contributed by atoms with E-state index in [1.54, 1.807) is 0 Å². The van der Waals surface area contributed by atoms with Gasteiger partial charge in [-0.25, -0.2) is 0 Å². The van der Waals surface area contributed by atoms with Gasteiger partial charge in [-0.3, -0.25) is 4.79 Å². The molecule has 2 saturated heterocycles. The molecule has 0 aromatic carbocycles. The normalized spacial score (nSPS) is 39.5. The third-order valence-electron chi connectivity index (χ3n) is 2.95. The van der Waals surface area contributed by atoms with E-state index in [-0.39, 0.29) is 6.04 Å². The van der Waals surface area contributed by atoms with E-state index in [0.717, 1.165) is 18.2 Å². The van der Waals surface area contributed by atoms with Gasteiger partial charge in [-0.1, -0.05) is 0 Å². The first kappa shape index (κ1) is 9.34. The van der Waals surface area contributed by atoms with Crippen molar-refractivity contribution in [2.24, 2.45) is 5.92 Å². The first-order valence-corrected chi connectivity index (χ1v) is 5.90. The van der Waals surface area contributed by atoms with Gasteiger partial charge in [-0.2, -0.15) is 11.8 Å². The van der Waals surface area contributed by atoms with Crippen LogP contribution in [0.4, 0.5) is 0 Å². The maximum Gasteiger partial charge on any atom is 0.320 e. The number of carbonyl (C=O) groups is 1. The van der Waals surface area contributed by atoms with Gasteiger partial charge >= 0.3 is 5.97 Å². The van der Waals surface area contributed by atoms with Crippen LogP contribution in [0.2, 0.25) is 0 Å². The van der Waals surface area contributed by atoms with Crippen LogP contribution in [0.3, 0.4) is 0 Å². The lowest BCUT2D eigenvalue weighted by Crippen LogP contribution is -2.29. The van der Waals surface area contributed by atoms with Crippen LogP contribution in [-0.2, 0) is 4.79 Å². The number of hydrogen-bond acceptors (Lipinski definition) is 3. The molecule has 3 atom stereocenters. The van der Waals surface area contributed by atoms with Gasteiger partial charge in [0.1, 0.15) is 6.04 Å². The minimum Gasteiger partial charge on any atom is -0.480 e. The zero-order chi connectivity index (χ0) is 9.26. The molecule has 2 rings (SSSR count). The Morgan fingerprint density at radius 3 is 2.92 bits per heavy atom. The van der Waals surface area contributed by atoms with Gasteiger partial charge in [-0.05, 0) is 37.5 Å². The summed E-state index contributed by atoms with van der Waals surface area (Å²) >= 11 is 2.02. The zero-order valence-electron chi connectivity index (χ0n) is 7.53. The molecule has 3 nitrogen and oxygen atoms in total. The van der Waals surface area contributed by atoms with Crippen LogP contribution in [0.1, 0.15) is 19.3 Å². The highest BCUT2D eigenvalue weighted by molar-refractivity contribution is 8.00. The third-order valence-corrected chi connectivity index (χ3v) is 4.53. The molecule has 0 radical (unpaired) electrons. The summed E-state index contributed by atoms with van der Waals surface area (Å²) in [6, 6.07) is -0.286. The lowest BCUT2D eigenvalue weighted by Gasteiger charge is -2.15. The number of nitrogens with one attached hydrogen (secondary N) is 1. The second-order valence-electron chi connectivity index (χ2n) is 3.85. The van der Waals surface area contributed by atoms with Crippen molar-refractivity contribution in [2.45, 2.75) is 30.6 Å². The quantitative estimate of drug-likeness (QED) is 0.698. The second kappa shape index (κ2) is 3.88. The van der Waals surface area contributed by atoms with Crippen molar-refractivity contribution in [3.8, 4) is 0 Å². The molecular formula is C9H15NO2S. The Hall–Kier alpha value is -0.220. The lowest BCUT2D eigenvalue weighted by atomic mass is 9.99. The van der Waals surface area contributed by atoms with Crippen molar-refractivity contribution < 1.29 is 9.90 Å². The second-order valence-corrected chi connectivity index (χ2v) is 5.19. The summed E-state index contributed by atoms with van der Waals surface area (Å²) in [5.74, 6) is 1.16. The molecule has 0 spiro atoms. The number of rotatable bonds is 2. The highest BCUT2D eigenvalue weighted by Crippen LogP contribution is 2.35. The fourth-order valence-electron chi connectivity index (χ4n) is 2.21. The van der Waals surface area contributed by atoms with Gasteiger partial charge in [0.2, 0.25) is 0 Å². The van der Waals surface area contributed by atoms with Gasteiger partial charge in [0.25, 0.3) is 0 Å². The maximum atomic E-state index is 10.7. The maximum absolute atomic E-state index is 10.7. The summed E-state index contributed by atoms with van der Waals surface area (Å²) in [5.41, 5.74) is 0. The van der Waals surface area contributed by atoms with E-state index >= 15 is 0 Å². The average molecular weight is 201 g/mol. The lowest BCUT2D eigenvalue weighted by molar-refractivity contribution is -0.139. The summed E-state index contributed by atoms with van der Waals surface area (Å²) < 4.78 is 0. The van der Waals surface area contributed by atoms with E-state index < -0.39 is 5.97 Å². The van der Waals surface area contributed by atoms with Crippen LogP contribution in [0.25, 0.3) is 0 Å². The van der Waals surface area contributed by atoms with E-state index in [0.29, 0.717) is 5.92 Å². The molecule has 4 heteroatoms. The number of hydrogen-bond donors (Lipinski definition) is 2. The van der Waals surface area contributed by atoms with Crippen LogP contribution in [0.5, 0.6) is 0 Å². The molecule has 2 aliphatic heterocycles. The fourth-order valence-corrected chi connectivity index (χ4v) is 3.66. The van der Waals surface area contributed by atoms with Crippen LogP contribution < -0.4 is 5.32 Å². The highest BCUT2D eigenvalue weighted by Gasteiger charge is 2.35. The Labute approximate surface area is 82.3 Å². The largest absolute Gasteiger partial charge is 0.480 e. The van der Waals surface area contributed by atoms with E-state index in [1.807, 2.05) is 11.8 Å². The molecule has 13 heavy (non-hydrogen) atoms. The minimum absolute atomic E-state index is 0.286. The molecule has 2 N–H and O–H groups in total. The molecular weight excluding hydrogens is 186 g/mol. The molecule has 0 aromatic heterocycles. The Kier molecular flexibility index (Phi) is 2.79. The first-order chi connectivity index (χ1) is 6.27. The molecule has 0 amide bonds. The summed E-state index contributed by atoms with van der Waals surface area (Å²) in [6.45, 7) is 0.897. The SMILES string of the molecule is O=C(O)C1CC(C2CCCS2)CN1. The van der Waals surface area contributed by atoms with Gasteiger partial charge in [0.15, 0.2) is 0 Å². The molecule has 2 fully saturated rings. The Morgan fingerprint density at radius 2 is 2.38 bits per heavy atom. The number of thioether (sulfide) groups is 1. The van der Waals surface area contributed by atoms with Crippen molar-refractivity contribution in [3.63, 3.8) is 0 Å². The third kappa shape index (κ3) is 1.99. The van der Waals surface area contributed by atoms with Crippen molar-refractivity contribution in [1.82, 2.24) is 5.32 Å². The van der Waals surface area contributed by atoms with E-state index in [2.05, 4.69) is 5.32 Å². The molecule has 2 aliphatic rings. The summed E-state index contributed by atoms with van der Waals surface area (Å²) in [6.07, 6.45) is 3.42.